The van der Waals surface area contributed by atoms with Gasteiger partial charge in [0.25, 0.3) is 0 Å². The number of benzene rings is 1. The fourth-order valence-corrected chi connectivity index (χ4v) is 1.45. The summed E-state index contributed by atoms with van der Waals surface area (Å²) in [5.74, 6) is 2.21. The third-order valence-corrected chi connectivity index (χ3v) is 2.23. The zero-order valence-corrected chi connectivity index (χ0v) is 10.5. The van der Waals surface area contributed by atoms with Crippen LogP contribution in [-0.2, 0) is 16.1 Å². The molecule has 0 saturated carbocycles. The van der Waals surface area contributed by atoms with E-state index in [2.05, 4.69) is 5.92 Å². The predicted molar refractivity (Wildman–Crippen MR) is 71.5 cm³/mol. The van der Waals surface area contributed by atoms with Gasteiger partial charge >= 0.3 is 5.97 Å². The Morgan fingerprint density at radius 3 is 2.78 bits per heavy atom. The molecule has 3 heteroatoms. The van der Waals surface area contributed by atoms with Crippen LogP contribution >= 0.6 is 0 Å². The Bertz CT molecular complexity index is 432. The topological polar surface area (TPSA) is 29.5 Å². The third kappa shape index (κ3) is 5.22. The number of nitrogens with zero attached hydrogens (tertiary/aromatic N) is 1. The third-order valence-electron chi connectivity index (χ3n) is 2.23. The lowest BCUT2D eigenvalue weighted by molar-refractivity contribution is -0.137. The van der Waals surface area contributed by atoms with Crippen molar-refractivity contribution in [1.82, 2.24) is 4.90 Å². The van der Waals surface area contributed by atoms with Crippen LogP contribution in [0.5, 0.6) is 0 Å². The van der Waals surface area contributed by atoms with Crippen LogP contribution in [0.3, 0.4) is 0 Å². The van der Waals surface area contributed by atoms with Gasteiger partial charge in [0.2, 0.25) is 0 Å². The Morgan fingerprint density at radius 2 is 2.17 bits per heavy atom. The van der Waals surface area contributed by atoms with Crippen molar-refractivity contribution in [2.75, 3.05) is 13.2 Å². The minimum Gasteiger partial charge on any atom is -0.463 e. The number of hydrogen-bond acceptors (Lipinski definition) is 3. The van der Waals surface area contributed by atoms with E-state index >= 15 is 0 Å². The van der Waals surface area contributed by atoms with Crippen molar-refractivity contribution in [1.29, 1.82) is 0 Å². The standard InChI is InChI=1S/C15H17NO2/c1-3-11-16(12-10-15(17)18-4-2)13-14-8-6-5-7-9-14/h1,5-10,12H,4,11,13H2,2H3/b12-10+. The van der Waals surface area contributed by atoms with Crippen molar-refractivity contribution >= 4 is 5.97 Å². The zero-order valence-electron chi connectivity index (χ0n) is 10.5. The van der Waals surface area contributed by atoms with Gasteiger partial charge in [-0.25, -0.2) is 4.79 Å². The largest absolute Gasteiger partial charge is 0.463 e. The van der Waals surface area contributed by atoms with Gasteiger partial charge in [0.15, 0.2) is 0 Å². The summed E-state index contributed by atoms with van der Waals surface area (Å²) in [6.07, 6.45) is 8.37. The van der Waals surface area contributed by atoms with Crippen LogP contribution < -0.4 is 0 Å². The molecule has 1 aromatic carbocycles. The molecular formula is C15H17NO2. The number of hydrogen-bond donors (Lipinski definition) is 0. The SMILES string of the molecule is C#CCN(/C=C/C(=O)OCC)Cc1ccccc1. The van der Waals surface area contributed by atoms with Crippen molar-refractivity contribution in [2.24, 2.45) is 0 Å². The van der Waals surface area contributed by atoms with E-state index in [1.165, 1.54) is 6.08 Å². The molecule has 0 atom stereocenters. The highest BCUT2D eigenvalue weighted by Crippen LogP contribution is 2.04. The Labute approximate surface area is 108 Å². The Hall–Kier alpha value is -2.21. The molecule has 0 radical (unpaired) electrons. The summed E-state index contributed by atoms with van der Waals surface area (Å²) in [6, 6.07) is 9.93. The van der Waals surface area contributed by atoms with Crippen LogP contribution in [-0.4, -0.2) is 24.0 Å². The monoisotopic (exact) mass is 243 g/mol. The quantitative estimate of drug-likeness (QED) is 0.436. The maximum Gasteiger partial charge on any atom is 0.332 e. The van der Waals surface area contributed by atoms with E-state index in [0.717, 1.165) is 5.56 Å². The molecule has 0 fully saturated rings. The first kappa shape index (κ1) is 13.9. The summed E-state index contributed by atoms with van der Waals surface area (Å²) in [7, 11) is 0. The summed E-state index contributed by atoms with van der Waals surface area (Å²) in [4.78, 5) is 13.1. The first-order valence-electron chi connectivity index (χ1n) is 5.82. The molecule has 94 valence electrons. The Balaban J connectivity index is 2.60. The zero-order chi connectivity index (χ0) is 13.2. The summed E-state index contributed by atoms with van der Waals surface area (Å²) >= 11 is 0. The molecular weight excluding hydrogens is 226 g/mol. The lowest BCUT2D eigenvalue weighted by Gasteiger charge is -2.17. The van der Waals surface area contributed by atoms with Crippen LogP contribution in [0.1, 0.15) is 12.5 Å². The van der Waals surface area contributed by atoms with Crippen molar-refractivity contribution in [3.63, 3.8) is 0 Å². The molecule has 0 amide bonds. The minimum atomic E-state index is -0.354. The fraction of sp³-hybridized carbons (Fsp3) is 0.267. The van der Waals surface area contributed by atoms with Crippen LogP contribution in [0.2, 0.25) is 0 Å². The molecule has 1 aromatic rings. The normalized spacial score (nSPS) is 10.0. The van der Waals surface area contributed by atoms with Gasteiger partial charge in [-0.05, 0) is 12.5 Å². The van der Waals surface area contributed by atoms with Crippen molar-refractivity contribution in [3.05, 3.63) is 48.2 Å². The average molecular weight is 243 g/mol. The van der Waals surface area contributed by atoms with Gasteiger partial charge in [0.1, 0.15) is 0 Å². The van der Waals surface area contributed by atoms with Gasteiger partial charge < -0.3 is 9.64 Å². The lowest BCUT2D eigenvalue weighted by Crippen LogP contribution is -2.17. The molecule has 0 aliphatic heterocycles. The highest BCUT2D eigenvalue weighted by molar-refractivity contribution is 5.81. The van der Waals surface area contributed by atoms with Crippen LogP contribution in [0.15, 0.2) is 42.6 Å². The van der Waals surface area contributed by atoms with E-state index in [0.29, 0.717) is 19.7 Å². The predicted octanol–water partition coefficient (Wildman–Crippen LogP) is 2.20. The second-order valence-corrected chi connectivity index (χ2v) is 3.66. The first-order chi connectivity index (χ1) is 8.76. The average Bonchev–Trinajstić information content (AvgIpc) is 2.38. The number of rotatable bonds is 6. The minimum absolute atomic E-state index is 0.354. The molecule has 0 aromatic heterocycles. The summed E-state index contributed by atoms with van der Waals surface area (Å²) in [6.45, 7) is 3.26. The first-order valence-corrected chi connectivity index (χ1v) is 5.82. The lowest BCUT2D eigenvalue weighted by atomic mass is 10.2. The molecule has 1 rings (SSSR count). The number of ether oxygens (including phenoxy) is 1. The second kappa shape index (κ2) is 7.97. The van der Waals surface area contributed by atoms with Gasteiger partial charge in [-0.15, -0.1) is 6.42 Å². The summed E-state index contributed by atoms with van der Waals surface area (Å²) in [5.41, 5.74) is 1.14. The summed E-state index contributed by atoms with van der Waals surface area (Å²) < 4.78 is 4.82. The Morgan fingerprint density at radius 1 is 1.44 bits per heavy atom. The highest BCUT2D eigenvalue weighted by atomic mass is 16.5. The van der Waals surface area contributed by atoms with Gasteiger partial charge in [0.05, 0.1) is 13.2 Å². The molecule has 0 saturated heterocycles. The van der Waals surface area contributed by atoms with E-state index in [9.17, 15) is 4.79 Å². The van der Waals surface area contributed by atoms with Gasteiger partial charge in [0, 0.05) is 18.8 Å². The fourth-order valence-electron chi connectivity index (χ4n) is 1.45. The van der Waals surface area contributed by atoms with E-state index in [4.69, 9.17) is 11.2 Å². The number of carbonyl (C=O) groups excluding carboxylic acids is 1. The molecule has 3 nitrogen and oxygen atoms in total. The molecule has 0 N–H and O–H groups in total. The van der Waals surface area contributed by atoms with Crippen LogP contribution in [0.4, 0.5) is 0 Å². The molecule has 0 spiro atoms. The van der Waals surface area contributed by atoms with Crippen LogP contribution in [0.25, 0.3) is 0 Å². The summed E-state index contributed by atoms with van der Waals surface area (Å²) in [5, 5.41) is 0. The second-order valence-electron chi connectivity index (χ2n) is 3.66. The van der Waals surface area contributed by atoms with Crippen molar-refractivity contribution in [2.45, 2.75) is 13.5 Å². The van der Waals surface area contributed by atoms with E-state index in [1.54, 1.807) is 13.1 Å². The molecule has 0 heterocycles. The molecule has 0 aliphatic rings. The van der Waals surface area contributed by atoms with E-state index in [-0.39, 0.29) is 5.97 Å². The smallest absolute Gasteiger partial charge is 0.332 e. The number of esters is 1. The van der Waals surface area contributed by atoms with Gasteiger partial charge in [-0.1, -0.05) is 36.3 Å². The van der Waals surface area contributed by atoms with Gasteiger partial charge in [-0.3, -0.25) is 0 Å². The highest BCUT2D eigenvalue weighted by Gasteiger charge is 2.00. The number of carbonyl (C=O) groups is 1. The molecule has 18 heavy (non-hydrogen) atoms. The number of terminal acetylenes is 1. The molecule has 0 unspecified atom stereocenters. The molecule has 0 bridgehead atoms. The van der Waals surface area contributed by atoms with Gasteiger partial charge in [-0.2, -0.15) is 0 Å². The van der Waals surface area contributed by atoms with E-state index < -0.39 is 0 Å². The Kier molecular flexibility index (Phi) is 6.13. The van der Waals surface area contributed by atoms with Crippen molar-refractivity contribution < 1.29 is 9.53 Å². The van der Waals surface area contributed by atoms with Crippen LogP contribution in [0, 0.1) is 12.3 Å². The maximum absolute atomic E-state index is 11.2. The van der Waals surface area contributed by atoms with Crippen molar-refractivity contribution in [3.8, 4) is 12.3 Å². The maximum atomic E-state index is 11.2. The van der Waals surface area contributed by atoms with E-state index in [1.807, 2.05) is 35.2 Å². The molecule has 0 aliphatic carbocycles.